The highest BCUT2D eigenvalue weighted by atomic mass is 16.3. The Bertz CT molecular complexity index is 89.8. The Hall–Kier alpha value is -0.410. The molecule has 0 rings (SSSR count). The Labute approximate surface area is 74.4 Å². The SMILES string of the molecule is CCCCCC(C)=O.OCCO. The van der Waals surface area contributed by atoms with E-state index in [-0.39, 0.29) is 13.2 Å². The molecule has 0 aliphatic rings. The van der Waals surface area contributed by atoms with Gasteiger partial charge in [-0.15, -0.1) is 0 Å². The first-order valence-corrected chi connectivity index (χ1v) is 4.40. The largest absolute Gasteiger partial charge is 0.394 e. The summed E-state index contributed by atoms with van der Waals surface area (Å²) >= 11 is 0. The summed E-state index contributed by atoms with van der Waals surface area (Å²) in [5.74, 6) is 0.318. The van der Waals surface area contributed by atoms with Crippen molar-refractivity contribution in [3.63, 3.8) is 0 Å². The van der Waals surface area contributed by atoms with Crippen LogP contribution in [-0.2, 0) is 4.79 Å². The smallest absolute Gasteiger partial charge is 0.129 e. The van der Waals surface area contributed by atoms with Gasteiger partial charge < -0.3 is 15.0 Å². The van der Waals surface area contributed by atoms with Crippen LogP contribution in [-0.4, -0.2) is 29.2 Å². The van der Waals surface area contributed by atoms with Crippen molar-refractivity contribution in [1.82, 2.24) is 0 Å². The highest BCUT2D eigenvalue weighted by Gasteiger charge is 1.89. The van der Waals surface area contributed by atoms with Gasteiger partial charge in [0.1, 0.15) is 5.78 Å². The van der Waals surface area contributed by atoms with Crippen LogP contribution in [0.15, 0.2) is 0 Å². The van der Waals surface area contributed by atoms with Crippen LogP contribution in [0.1, 0.15) is 39.5 Å². The quantitative estimate of drug-likeness (QED) is 0.617. The first kappa shape index (κ1) is 14.1. The molecule has 0 aromatic rings. The number of carbonyl (C=O) groups excluding carboxylic acids is 1. The molecule has 0 amide bonds. The molecule has 0 radical (unpaired) electrons. The van der Waals surface area contributed by atoms with Gasteiger partial charge in [0, 0.05) is 6.42 Å². The van der Waals surface area contributed by atoms with Crippen LogP contribution < -0.4 is 0 Å². The molecule has 0 atom stereocenters. The van der Waals surface area contributed by atoms with Crippen LogP contribution in [0, 0.1) is 0 Å². The summed E-state index contributed by atoms with van der Waals surface area (Å²) in [7, 11) is 0. The van der Waals surface area contributed by atoms with Crippen molar-refractivity contribution >= 4 is 5.78 Å². The second kappa shape index (κ2) is 13.2. The van der Waals surface area contributed by atoms with Crippen LogP contribution in [0.2, 0.25) is 0 Å². The molecule has 0 bridgehead atoms. The highest BCUT2D eigenvalue weighted by Crippen LogP contribution is 1.98. The number of unbranched alkanes of at least 4 members (excludes halogenated alkanes) is 2. The first-order chi connectivity index (χ1) is 5.68. The summed E-state index contributed by atoms with van der Waals surface area (Å²) in [5, 5.41) is 15.2. The van der Waals surface area contributed by atoms with Gasteiger partial charge in [-0.3, -0.25) is 0 Å². The third kappa shape index (κ3) is 22.6. The van der Waals surface area contributed by atoms with Gasteiger partial charge in [-0.05, 0) is 13.3 Å². The van der Waals surface area contributed by atoms with Crippen LogP contribution >= 0.6 is 0 Å². The van der Waals surface area contributed by atoms with Gasteiger partial charge >= 0.3 is 0 Å². The van der Waals surface area contributed by atoms with E-state index < -0.39 is 0 Å². The van der Waals surface area contributed by atoms with Crippen molar-refractivity contribution in [3.8, 4) is 0 Å². The van der Waals surface area contributed by atoms with Crippen molar-refractivity contribution in [2.45, 2.75) is 39.5 Å². The van der Waals surface area contributed by atoms with Gasteiger partial charge in [-0.25, -0.2) is 0 Å². The first-order valence-electron chi connectivity index (χ1n) is 4.40. The fraction of sp³-hybridized carbons (Fsp3) is 0.889. The van der Waals surface area contributed by atoms with Crippen LogP contribution in [0.4, 0.5) is 0 Å². The molecule has 0 fully saturated rings. The van der Waals surface area contributed by atoms with Crippen molar-refractivity contribution in [1.29, 1.82) is 0 Å². The molecule has 2 N–H and O–H groups in total. The van der Waals surface area contributed by atoms with Crippen LogP contribution in [0.3, 0.4) is 0 Å². The fourth-order valence-corrected chi connectivity index (χ4v) is 0.624. The monoisotopic (exact) mass is 176 g/mol. The molecule has 0 saturated heterocycles. The molecule has 3 heteroatoms. The normalized spacial score (nSPS) is 8.67. The van der Waals surface area contributed by atoms with Gasteiger partial charge in [-0.1, -0.05) is 19.8 Å². The molecule has 0 heterocycles. The predicted molar refractivity (Wildman–Crippen MR) is 49.0 cm³/mol. The van der Waals surface area contributed by atoms with Gasteiger partial charge in [0.15, 0.2) is 0 Å². The average molecular weight is 176 g/mol. The van der Waals surface area contributed by atoms with Crippen molar-refractivity contribution in [2.75, 3.05) is 13.2 Å². The zero-order valence-corrected chi connectivity index (χ0v) is 8.05. The Morgan fingerprint density at radius 1 is 1.17 bits per heavy atom. The second-order valence-electron chi connectivity index (χ2n) is 2.61. The molecule has 0 aromatic heterocycles. The zero-order chi connectivity index (χ0) is 9.82. The minimum absolute atomic E-state index is 0.125. The van der Waals surface area contributed by atoms with E-state index in [9.17, 15) is 4.79 Å². The highest BCUT2D eigenvalue weighted by molar-refractivity contribution is 5.75. The molecule has 74 valence electrons. The predicted octanol–water partition coefficient (Wildman–Crippen LogP) is 1.13. The van der Waals surface area contributed by atoms with E-state index in [4.69, 9.17) is 10.2 Å². The molecule has 0 spiro atoms. The molecule has 0 aliphatic heterocycles. The van der Waals surface area contributed by atoms with Gasteiger partial charge in [0.2, 0.25) is 0 Å². The van der Waals surface area contributed by atoms with E-state index in [0.29, 0.717) is 5.78 Å². The number of aliphatic hydroxyl groups is 2. The van der Waals surface area contributed by atoms with Gasteiger partial charge in [0.25, 0.3) is 0 Å². The number of carbonyl (C=O) groups is 1. The minimum Gasteiger partial charge on any atom is -0.394 e. The third-order valence-electron chi connectivity index (χ3n) is 1.23. The topological polar surface area (TPSA) is 57.5 Å². The van der Waals surface area contributed by atoms with E-state index in [2.05, 4.69) is 6.92 Å². The lowest BCUT2D eigenvalue weighted by atomic mass is 10.2. The van der Waals surface area contributed by atoms with Crippen molar-refractivity contribution in [3.05, 3.63) is 0 Å². The van der Waals surface area contributed by atoms with Crippen LogP contribution in [0.5, 0.6) is 0 Å². The Morgan fingerprint density at radius 3 is 1.92 bits per heavy atom. The summed E-state index contributed by atoms with van der Waals surface area (Å²) in [4.78, 5) is 10.3. The Balaban J connectivity index is 0. The summed E-state index contributed by atoms with van der Waals surface area (Å²) in [6.45, 7) is 3.54. The minimum atomic E-state index is -0.125. The lowest BCUT2D eigenvalue weighted by Crippen LogP contribution is -1.87. The molecule has 0 aromatic carbocycles. The zero-order valence-electron chi connectivity index (χ0n) is 8.05. The third-order valence-corrected chi connectivity index (χ3v) is 1.23. The van der Waals surface area contributed by atoms with E-state index in [1.807, 2.05) is 0 Å². The molecular weight excluding hydrogens is 156 g/mol. The molecule has 0 aliphatic carbocycles. The molecular formula is C9H20O3. The standard InChI is InChI=1S/C7H14O.C2H6O2/c1-3-4-5-6-7(2)8;3-1-2-4/h3-6H2,1-2H3;3-4H,1-2H2. The molecule has 12 heavy (non-hydrogen) atoms. The van der Waals surface area contributed by atoms with Gasteiger partial charge in [0.05, 0.1) is 13.2 Å². The van der Waals surface area contributed by atoms with Crippen molar-refractivity contribution in [2.24, 2.45) is 0 Å². The summed E-state index contributed by atoms with van der Waals surface area (Å²) < 4.78 is 0. The number of hydrogen-bond acceptors (Lipinski definition) is 3. The summed E-state index contributed by atoms with van der Waals surface area (Å²) in [6.07, 6.45) is 4.24. The second-order valence-corrected chi connectivity index (χ2v) is 2.61. The number of hydrogen-bond donors (Lipinski definition) is 2. The summed E-state index contributed by atoms with van der Waals surface area (Å²) in [5.41, 5.74) is 0. The maximum atomic E-state index is 10.3. The Morgan fingerprint density at radius 2 is 1.67 bits per heavy atom. The molecule has 0 unspecified atom stereocenters. The Kier molecular flexibility index (Phi) is 15.5. The van der Waals surface area contributed by atoms with Crippen LogP contribution in [0.25, 0.3) is 0 Å². The molecule has 0 saturated carbocycles. The average Bonchev–Trinajstić information content (AvgIpc) is 2.05. The lowest BCUT2D eigenvalue weighted by molar-refractivity contribution is -0.117. The number of rotatable bonds is 5. The van der Waals surface area contributed by atoms with Gasteiger partial charge in [-0.2, -0.15) is 0 Å². The van der Waals surface area contributed by atoms with E-state index in [0.717, 1.165) is 12.8 Å². The van der Waals surface area contributed by atoms with Crippen molar-refractivity contribution < 1.29 is 15.0 Å². The maximum Gasteiger partial charge on any atom is 0.129 e. The van der Waals surface area contributed by atoms with E-state index in [1.165, 1.54) is 12.8 Å². The molecule has 3 nitrogen and oxygen atoms in total. The fourth-order valence-electron chi connectivity index (χ4n) is 0.624. The lowest BCUT2D eigenvalue weighted by Gasteiger charge is -1.90. The number of ketones is 1. The number of aliphatic hydroxyl groups excluding tert-OH is 2. The van der Waals surface area contributed by atoms with E-state index >= 15 is 0 Å². The van der Waals surface area contributed by atoms with E-state index in [1.54, 1.807) is 6.92 Å². The summed E-state index contributed by atoms with van der Waals surface area (Å²) in [6, 6.07) is 0. The maximum absolute atomic E-state index is 10.3. The number of Topliss-reactive ketones (excluding diaryl/α,β-unsaturated/α-hetero) is 1.